The number of hydrogen-bond acceptors (Lipinski definition) is 4. The van der Waals surface area contributed by atoms with Crippen LogP contribution in [0.1, 0.15) is 62.0 Å². The molecule has 2 heterocycles. The van der Waals surface area contributed by atoms with E-state index in [4.69, 9.17) is 4.98 Å². The van der Waals surface area contributed by atoms with Crippen LogP contribution in [0.4, 0.5) is 0 Å². The summed E-state index contributed by atoms with van der Waals surface area (Å²) in [7, 11) is 0. The topological polar surface area (TPSA) is 28.2 Å². The summed E-state index contributed by atoms with van der Waals surface area (Å²) < 4.78 is 0. The molecule has 0 amide bonds. The molecule has 4 heteroatoms. The van der Waals surface area contributed by atoms with E-state index in [1.165, 1.54) is 54.4 Å². The first-order valence-corrected chi connectivity index (χ1v) is 9.24. The van der Waals surface area contributed by atoms with E-state index in [1.54, 1.807) is 0 Å². The summed E-state index contributed by atoms with van der Waals surface area (Å²) in [6, 6.07) is 0.645. The molecule has 0 spiro atoms. The van der Waals surface area contributed by atoms with E-state index in [9.17, 15) is 0 Å². The minimum atomic E-state index is 0.101. The van der Waals surface area contributed by atoms with Crippen LogP contribution in [0.15, 0.2) is 0 Å². The summed E-state index contributed by atoms with van der Waals surface area (Å²) in [5, 5.41) is 5.18. The number of thiazole rings is 1. The first-order chi connectivity index (χ1) is 9.98. The van der Waals surface area contributed by atoms with Gasteiger partial charge in [0.15, 0.2) is 0 Å². The van der Waals surface area contributed by atoms with Crippen LogP contribution >= 0.6 is 11.3 Å². The van der Waals surface area contributed by atoms with Crippen LogP contribution in [-0.4, -0.2) is 35.6 Å². The molecule has 1 aliphatic heterocycles. The average molecular weight is 310 g/mol. The second-order valence-corrected chi connectivity index (χ2v) is 7.86. The lowest BCUT2D eigenvalue weighted by atomic mass is 9.91. The smallest absolute Gasteiger partial charge is 0.113 e. The van der Waals surface area contributed by atoms with Crippen LogP contribution in [-0.2, 0) is 5.54 Å². The second kappa shape index (κ2) is 7.21. The lowest BCUT2D eigenvalue weighted by Crippen LogP contribution is -2.44. The minimum Gasteiger partial charge on any atom is -0.305 e. The zero-order chi connectivity index (χ0) is 15.5. The Morgan fingerprint density at radius 1 is 1.29 bits per heavy atom. The van der Waals surface area contributed by atoms with Gasteiger partial charge in [-0.2, -0.15) is 0 Å². The fourth-order valence-electron chi connectivity index (χ4n) is 3.18. The Morgan fingerprint density at radius 2 is 2.05 bits per heavy atom. The first kappa shape index (κ1) is 16.9. The Kier molecular flexibility index (Phi) is 5.81. The molecule has 1 N–H and O–H groups in total. The monoisotopic (exact) mass is 309 g/mol. The zero-order valence-electron chi connectivity index (χ0n) is 14.3. The Balaban J connectivity index is 2.24. The summed E-state index contributed by atoms with van der Waals surface area (Å²) in [5.41, 5.74) is 1.31. The average Bonchev–Trinajstić information content (AvgIpc) is 2.67. The number of rotatable bonds is 5. The number of nitrogens with zero attached hydrogens (tertiary/aromatic N) is 2. The highest BCUT2D eigenvalue weighted by Crippen LogP contribution is 2.36. The Hall–Kier alpha value is -0.450. The fourth-order valence-corrected chi connectivity index (χ4v) is 4.32. The van der Waals surface area contributed by atoms with Crippen molar-refractivity contribution in [2.24, 2.45) is 0 Å². The van der Waals surface area contributed by atoms with Crippen molar-refractivity contribution in [3.8, 4) is 0 Å². The van der Waals surface area contributed by atoms with E-state index in [0.29, 0.717) is 6.04 Å². The van der Waals surface area contributed by atoms with Gasteiger partial charge in [0, 0.05) is 17.5 Å². The summed E-state index contributed by atoms with van der Waals surface area (Å²) in [4.78, 5) is 8.89. The third-order valence-electron chi connectivity index (χ3n) is 4.76. The van der Waals surface area contributed by atoms with E-state index in [-0.39, 0.29) is 5.54 Å². The van der Waals surface area contributed by atoms with Crippen molar-refractivity contribution in [2.45, 2.75) is 71.9 Å². The third-order valence-corrected chi connectivity index (χ3v) is 6.03. The number of aromatic nitrogens is 1. The molecule has 120 valence electrons. The van der Waals surface area contributed by atoms with Gasteiger partial charge in [-0.05, 0) is 66.5 Å². The molecule has 1 aliphatic rings. The van der Waals surface area contributed by atoms with Crippen LogP contribution in [0.2, 0.25) is 0 Å². The highest BCUT2D eigenvalue weighted by molar-refractivity contribution is 7.11. The quantitative estimate of drug-likeness (QED) is 0.895. The van der Waals surface area contributed by atoms with Gasteiger partial charge in [-0.3, -0.25) is 0 Å². The fraction of sp³-hybridized carbons (Fsp3) is 0.824. The van der Waals surface area contributed by atoms with Gasteiger partial charge >= 0.3 is 0 Å². The van der Waals surface area contributed by atoms with E-state index in [2.05, 4.69) is 44.8 Å². The maximum atomic E-state index is 4.91. The van der Waals surface area contributed by atoms with Crippen molar-refractivity contribution >= 4 is 11.3 Å². The Morgan fingerprint density at radius 3 is 2.62 bits per heavy atom. The summed E-state index contributed by atoms with van der Waals surface area (Å²) in [6.45, 7) is 14.7. The molecule has 1 unspecified atom stereocenters. The van der Waals surface area contributed by atoms with Crippen molar-refractivity contribution in [3.05, 3.63) is 15.6 Å². The van der Waals surface area contributed by atoms with Crippen molar-refractivity contribution < 1.29 is 0 Å². The normalized spacial score (nSPS) is 24.5. The van der Waals surface area contributed by atoms with Gasteiger partial charge in [0.2, 0.25) is 0 Å². The molecule has 1 aromatic rings. The van der Waals surface area contributed by atoms with Crippen LogP contribution in [0.25, 0.3) is 0 Å². The van der Waals surface area contributed by atoms with Gasteiger partial charge in [0.05, 0.1) is 11.2 Å². The molecule has 21 heavy (non-hydrogen) atoms. The molecule has 0 bridgehead atoms. The maximum Gasteiger partial charge on any atom is 0.113 e. The second-order valence-electron chi connectivity index (χ2n) is 6.65. The van der Waals surface area contributed by atoms with Crippen LogP contribution in [0.3, 0.4) is 0 Å². The van der Waals surface area contributed by atoms with Crippen LogP contribution in [0, 0.1) is 13.8 Å². The Labute approximate surface area is 134 Å². The molecular formula is C17H31N3S. The SMILES string of the molecule is CCCNC1(c2nc(C)c(C)s2)CCCN(C(C)C)CC1. The molecule has 1 saturated heterocycles. The van der Waals surface area contributed by atoms with Crippen LogP contribution < -0.4 is 5.32 Å². The highest BCUT2D eigenvalue weighted by Gasteiger charge is 2.37. The first-order valence-electron chi connectivity index (χ1n) is 8.42. The molecule has 0 aliphatic carbocycles. The van der Waals surface area contributed by atoms with Crippen LogP contribution in [0.5, 0.6) is 0 Å². The van der Waals surface area contributed by atoms with Crippen molar-refractivity contribution in [2.75, 3.05) is 19.6 Å². The minimum absolute atomic E-state index is 0.101. The van der Waals surface area contributed by atoms with Gasteiger partial charge in [0.1, 0.15) is 5.01 Å². The predicted octanol–water partition coefficient (Wildman–Crippen LogP) is 3.85. The molecular weight excluding hydrogens is 278 g/mol. The van der Waals surface area contributed by atoms with Gasteiger partial charge in [-0.1, -0.05) is 6.92 Å². The molecule has 0 aromatic carbocycles. The molecule has 3 nitrogen and oxygen atoms in total. The number of aryl methyl sites for hydroxylation is 2. The van der Waals surface area contributed by atoms with Gasteiger partial charge < -0.3 is 10.2 Å². The molecule has 1 atom stereocenters. The standard InChI is InChI=1S/C17H31N3S/c1-6-10-18-17(16-19-14(4)15(5)21-16)8-7-11-20(12-9-17)13(2)3/h13,18H,6-12H2,1-5H3. The van der Waals surface area contributed by atoms with Crippen molar-refractivity contribution in [3.63, 3.8) is 0 Å². The van der Waals surface area contributed by atoms with Gasteiger partial charge in [0.25, 0.3) is 0 Å². The molecule has 0 radical (unpaired) electrons. The third kappa shape index (κ3) is 3.85. The summed E-state index contributed by atoms with van der Waals surface area (Å²) in [5.74, 6) is 0. The molecule has 1 aromatic heterocycles. The zero-order valence-corrected chi connectivity index (χ0v) is 15.1. The lowest BCUT2D eigenvalue weighted by Gasteiger charge is -2.33. The van der Waals surface area contributed by atoms with Gasteiger partial charge in [-0.15, -0.1) is 11.3 Å². The van der Waals surface area contributed by atoms with Gasteiger partial charge in [-0.25, -0.2) is 4.98 Å². The maximum absolute atomic E-state index is 4.91. The Bertz CT molecular complexity index is 435. The summed E-state index contributed by atoms with van der Waals surface area (Å²) >= 11 is 1.90. The van der Waals surface area contributed by atoms with E-state index >= 15 is 0 Å². The number of hydrogen-bond donors (Lipinski definition) is 1. The largest absolute Gasteiger partial charge is 0.305 e. The molecule has 1 fully saturated rings. The van der Waals surface area contributed by atoms with Crippen molar-refractivity contribution in [1.29, 1.82) is 0 Å². The molecule has 0 saturated carbocycles. The van der Waals surface area contributed by atoms with E-state index in [0.717, 1.165) is 6.54 Å². The lowest BCUT2D eigenvalue weighted by molar-refractivity contribution is 0.217. The van der Waals surface area contributed by atoms with Crippen molar-refractivity contribution in [1.82, 2.24) is 15.2 Å². The highest BCUT2D eigenvalue weighted by atomic mass is 32.1. The molecule has 2 rings (SSSR count). The predicted molar refractivity (Wildman–Crippen MR) is 92.1 cm³/mol. The number of nitrogens with one attached hydrogen (secondary N) is 1. The number of likely N-dealkylation sites (tertiary alicyclic amines) is 1. The summed E-state index contributed by atoms with van der Waals surface area (Å²) in [6.07, 6.45) is 4.83. The van der Waals surface area contributed by atoms with E-state index < -0.39 is 0 Å². The van der Waals surface area contributed by atoms with E-state index in [1.807, 2.05) is 11.3 Å².